The Kier molecular flexibility index (Phi) is 4.92. The molecule has 1 aromatic carbocycles. The second-order valence-electron chi connectivity index (χ2n) is 3.88. The van der Waals surface area contributed by atoms with Gasteiger partial charge in [0.1, 0.15) is 5.82 Å². The van der Waals surface area contributed by atoms with Crippen LogP contribution in [-0.4, -0.2) is 17.6 Å². The predicted octanol–water partition coefficient (Wildman–Crippen LogP) is 3.78. The predicted molar refractivity (Wildman–Crippen MR) is 77.1 cm³/mol. The van der Waals surface area contributed by atoms with E-state index in [9.17, 15) is 9.18 Å². The van der Waals surface area contributed by atoms with Crippen molar-refractivity contribution in [1.29, 1.82) is 0 Å². The van der Waals surface area contributed by atoms with E-state index < -0.39 is 5.82 Å². The number of nitrogens with one attached hydrogen (secondary N) is 1. The molecule has 2 aromatic rings. The molecule has 0 saturated carbocycles. The minimum Gasteiger partial charge on any atom is -0.466 e. The molecular weight excluding hydrogens is 303 g/mol. The first-order chi connectivity index (χ1) is 9.58. The molecule has 0 radical (unpaired) electrons. The van der Waals surface area contributed by atoms with E-state index in [4.69, 9.17) is 16.3 Å². The zero-order valence-corrected chi connectivity index (χ0v) is 12.2. The van der Waals surface area contributed by atoms with Crippen molar-refractivity contribution in [2.75, 3.05) is 11.9 Å². The molecule has 1 N–H and O–H groups in total. The van der Waals surface area contributed by atoms with Gasteiger partial charge in [-0.15, -0.1) is 11.3 Å². The Labute approximate surface area is 124 Å². The summed E-state index contributed by atoms with van der Waals surface area (Å²) in [6.07, 6.45) is 0.126. The number of hydrogen-bond acceptors (Lipinski definition) is 5. The molecule has 106 valence electrons. The second-order valence-corrected chi connectivity index (χ2v) is 5.14. The van der Waals surface area contributed by atoms with Crippen LogP contribution in [0.4, 0.5) is 15.2 Å². The molecule has 0 saturated heterocycles. The number of ether oxygens (including phenoxy) is 1. The summed E-state index contributed by atoms with van der Waals surface area (Å²) < 4.78 is 18.1. The summed E-state index contributed by atoms with van der Waals surface area (Å²) in [4.78, 5) is 15.6. The topological polar surface area (TPSA) is 51.2 Å². The van der Waals surface area contributed by atoms with Gasteiger partial charge in [-0.2, -0.15) is 0 Å². The van der Waals surface area contributed by atoms with Crippen LogP contribution in [0.3, 0.4) is 0 Å². The number of rotatable bonds is 5. The molecule has 1 heterocycles. The quantitative estimate of drug-likeness (QED) is 0.853. The molecule has 1 aromatic heterocycles. The Morgan fingerprint density at radius 3 is 3.05 bits per heavy atom. The lowest BCUT2D eigenvalue weighted by molar-refractivity contribution is -0.142. The highest BCUT2D eigenvalue weighted by molar-refractivity contribution is 7.13. The van der Waals surface area contributed by atoms with Crippen LogP contribution in [-0.2, 0) is 16.0 Å². The van der Waals surface area contributed by atoms with Gasteiger partial charge in [-0.05, 0) is 25.1 Å². The van der Waals surface area contributed by atoms with Crippen molar-refractivity contribution >= 4 is 39.7 Å². The van der Waals surface area contributed by atoms with Gasteiger partial charge < -0.3 is 10.1 Å². The van der Waals surface area contributed by atoms with Gasteiger partial charge in [0.15, 0.2) is 5.13 Å². The Bertz CT molecular complexity index is 618. The fourth-order valence-corrected chi connectivity index (χ4v) is 2.35. The largest absolute Gasteiger partial charge is 0.466 e. The van der Waals surface area contributed by atoms with Gasteiger partial charge in [0.25, 0.3) is 0 Å². The summed E-state index contributed by atoms with van der Waals surface area (Å²) in [5.74, 6) is -0.818. The Morgan fingerprint density at radius 2 is 2.35 bits per heavy atom. The first-order valence-corrected chi connectivity index (χ1v) is 7.16. The molecule has 0 unspecified atom stereocenters. The van der Waals surface area contributed by atoms with Crippen molar-refractivity contribution in [3.8, 4) is 0 Å². The van der Waals surface area contributed by atoms with E-state index in [-0.39, 0.29) is 17.4 Å². The van der Waals surface area contributed by atoms with Crippen LogP contribution >= 0.6 is 22.9 Å². The fourth-order valence-electron chi connectivity index (χ4n) is 1.50. The zero-order chi connectivity index (χ0) is 14.5. The minimum absolute atomic E-state index is 0.0673. The average Bonchev–Trinajstić information content (AvgIpc) is 2.81. The van der Waals surface area contributed by atoms with Crippen LogP contribution in [0.1, 0.15) is 12.6 Å². The maximum absolute atomic E-state index is 13.3. The highest BCUT2D eigenvalue weighted by atomic mass is 35.5. The van der Waals surface area contributed by atoms with Crippen LogP contribution in [0.2, 0.25) is 5.02 Å². The van der Waals surface area contributed by atoms with E-state index in [1.165, 1.54) is 23.5 Å². The number of carbonyl (C=O) groups is 1. The lowest BCUT2D eigenvalue weighted by atomic mass is 10.3. The first-order valence-electron chi connectivity index (χ1n) is 5.90. The van der Waals surface area contributed by atoms with Crippen molar-refractivity contribution in [2.45, 2.75) is 13.3 Å². The van der Waals surface area contributed by atoms with Crippen molar-refractivity contribution in [3.05, 3.63) is 40.1 Å². The third-order valence-corrected chi connectivity index (χ3v) is 3.47. The average molecular weight is 315 g/mol. The Hall–Kier alpha value is -1.66. The lowest BCUT2D eigenvalue weighted by Gasteiger charge is -2.03. The molecule has 0 amide bonds. The van der Waals surface area contributed by atoms with Gasteiger partial charge >= 0.3 is 5.97 Å². The smallest absolute Gasteiger partial charge is 0.311 e. The van der Waals surface area contributed by atoms with Gasteiger partial charge in [-0.1, -0.05) is 11.6 Å². The molecule has 0 spiro atoms. The molecule has 0 fully saturated rings. The van der Waals surface area contributed by atoms with Gasteiger partial charge in [0.2, 0.25) is 0 Å². The van der Waals surface area contributed by atoms with E-state index in [0.29, 0.717) is 23.1 Å². The van der Waals surface area contributed by atoms with Crippen LogP contribution in [0.15, 0.2) is 23.6 Å². The summed E-state index contributed by atoms with van der Waals surface area (Å²) in [7, 11) is 0. The molecule has 0 aliphatic heterocycles. The van der Waals surface area contributed by atoms with Crippen molar-refractivity contribution in [2.24, 2.45) is 0 Å². The normalized spacial score (nSPS) is 10.3. The standard InChI is InChI=1S/C13H12ClFN2O2S/c1-2-19-12(18)6-9-7-20-13(17-9)16-8-3-4-10(14)11(15)5-8/h3-5,7H,2,6H2,1H3,(H,16,17). The van der Waals surface area contributed by atoms with Crippen molar-refractivity contribution in [1.82, 2.24) is 4.98 Å². The number of nitrogens with zero attached hydrogens (tertiary/aromatic N) is 1. The van der Waals surface area contributed by atoms with E-state index in [1.807, 2.05) is 0 Å². The summed E-state index contributed by atoms with van der Waals surface area (Å²) in [6, 6.07) is 4.40. The molecule has 7 heteroatoms. The molecule has 2 rings (SSSR count). The highest BCUT2D eigenvalue weighted by Gasteiger charge is 2.09. The number of thiazole rings is 1. The van der Waals surface area contributed by atoms with Gasteiger partial charge in [-0.25, -0.2) is 9.37 Å². The summed E-state index contributed by atoms with van der Waals surface area (Å²) >= 11 is 6.94. The minimum atomic E-state index is -0.500. The number of esters is 1. The second kappa shape index (κ2) is 6.67. The number of carbonyl (C=O) groups excluding carboxylic acids is 1. The number of hydrogen-bond donors (Lipinski definition) is 1. The van der Waals surface area contributed by atoms with Crippen LogP contribution in [0.5, 0.6) is 0 Å². The van der Waals surface area contributed by atoms with Gasteiger partial charge in [0.05, 0.1) is 23.7 Å². The monoisotopic (exact) mass is 314 g/mol. The van der Waals surface area contributed by atoms with Crippen molar-refractivity contribution < 1.29 is 13.9 Å². The number of anilines is 2. The summed E-state index contributed by atoms with van der Waals surface area (Å²) in [5, 5.41) is 5.35. The third-order valence-electron chi connectivity index (χ3n) is 2.35. The molecular formula is C13H12ClFN2O2S. The SMILES string of the molecule is CCOC(=O)Cc1csc(Nc2ccc(Cl)c(F)c2)n1. The molecule has 20 heavy (non-hydrogen) atoms. The molecule has 0 atom stereocenters. The molecule has 0 aliphatic carbocycles. The van der Waals surface area contributed by atoms with Gasteiger partial charge in [-0.3, -0.25) is 4.79 Å². The maximum atomic E-state index is 13.3. The summed E-state index contributed by atoms with van der Waals surface area (Å²) in [5.41, 5.74) is 1.16. The summed E-state index contributed by atoms with van der Waals surface area (Å²) in [6.45, 7) is 2.10. The Morgan fingerprint density at radius 1 is 1.55 bits per heavy atom. The Balaban J connectivity index is 2.02. The van der Waals surface area contributed by atoms with Crippen LogP contribution in [0, 0.1) is 5.82 Å². The zero-order valence-electron chi connectivity index (χ0n) is 10.7. The first kappa shape index (κ1) is 14.7. The fraction of sp³-hybridized carbons (Fsp3) is 0.231. The number of aromatic nitrogens is 1. The highest BCUT2D eigenvalue weighted by Crippen LogP contribution is 2.24. The maximum Gasteiger partial charge on any atom is 0.311 e. The van der Waals surface area contributed by atoms with Crippen LogP contribution in [0.25, 0.3) is 0 Å². The number of benzene rings is 1. The molecule has 4 nitrogen and oxygen atoms in total. The molecule has 0 aliphatic rings. The van der Waals surface area contributed by atoms with E-state index >= 15 is 0 Å². The lowest BCUT2D eigenvalue weighted by Crippen LogP contribution is -2.07. The molecule has 0 bridgehead atoms. The number of halogens is 2. The van der Waals surface area contributed by atoms with Crippen molar-refractivity contribution in [3.63, 3.8) is 0 Å². The van der Waals surface area contributed by atoms with E-state index in [0.717, 1.165) is 0 Å². The third kappa shape index (κ3) is 3.91. The van der Waals surface area contributed by atoms with Gasteiger partial charge in [0, 0.05) is 11.1 Å². The van der Waals surface area contributed by atoms with E-state index in [1.54, 1.807) is 18.4 Å². The van der Waals surface area contributed by atoms with E-state index in [2.05, 4.69) is 10.3 Å². The van der Waals surface area contributed by atoms with Crippen LogP contribution < -0.4 is 5.32 Å².